The van der Waals surface area contributed by atoms with Gasteiger partial charge in [-0.05, 0) is 112 Å². The van der Waals surface area contributed by atoms with Gasteiger partial charge in [-0.25, -0.2) is 30.6 Å². The van der Waals surface area contributed by atoms with E-state index in [1.165, 1.54) is 78.3 Å². The molecular weight excluding hydrogens is 2270 g/mol. The van der Waals surface area contributed by atoms with Crippen molar-refractivity contribution in [2.24, 2.45) is 30.6 Å². The van der Waals surface area contributed by atoms with Gasteiger partial charge in [0.2, 0.25) is 0 Å². The van der Waals surface area contributed by atoms with E-state index in [9.17, 15) is 27.2 Å². The zero-order valence-electron chi connectivity index (χ0n) is 57.8. The van der Waals surface area contributed by atoms with E-state index in [1.807, 2.05) is 184 Å². The molecule has 0 saturated carbocycles. The third-order valence-electron chi connectivity index (χ3n) is 14.7. The summed E-state index contributed by atoms with van der Waals surface area (Å²) in [5.41, 5.74) is 6.17. The van der Waals surface area contributed by atoms with Crippen LogP contribution in [0.25, 0.3) is 11.3 Å². The van der Waals surface area contributed by atoms with Gasteiger partial charge in [0.1, 0.15) is 0 Å². The van der Waals surface area contributed by atoms with Crippen LogP contribution in [0, 0.1) is 136 Å². The van der Waals surface area contributed by atoms with Gasteiger partial charge in [0, 0.05) is 103 Å². The van der Waals surface area contributed by atoms with Crippen molar-refractivity contribution in [3.63, 3.8) is 0 Å². The van der Waals surface area contributed by atoms with Crippen LogP contribution in [0.2, 0.25) is 0 Å². The molecule has 0 amide bonds. The molecule has 0 unspecified atom stereocenters. The zero-order chi connectivity index (χ0) is 72.4. The number of halogens is 5. The quantitative estimate of drug-likeness (QED) is 0.0922. The number of benzene rings is 5. The molecule has 0 spiro atoms. The predicted molar refractivity (Wildman–Crippen MR) is 378 cm³/mol. The van der Waals surface area contributed by atoms with Gasteiger partial charge in [0.05, 0.1) is 56.2 Å². The summed E-state index contributed by atoms with van der Waals surface area (Å²) in [7, 11) is 16.2. The van der Waals surface area contributed by atoms with Gasteiger partial charge in [-0.3, -0.25) is 8.78 Å². The monoisotopic (exact) mass is 2340 g/mol. The molecule has 0 saturated heterocycles. The molecule has 10 heterocycles. The van der Waals surface area contributed by atoms with Crippen LogP contribution in [0.4, 0.5) is 73.1 Å². The fraction of sp³-hybridized carbons (Fsp3) is 0.145. The topological polar surface area (TPSA) is 217 Å². The van der Waals surface area contributed by atoms with E-state index >= 15 is 0 Å². The summed E-state index contributed by atoms with van der Waals surface area (Å²) < 4.78 is 68.0. The molecule has 0 aliphatic carbocycles. The van der Waals surface area contributed by atoms with Crippen LogP contribution in [0.15, 0.2) is 147 Å². The molecular formula is C69H61F5N28Os5-12. The Bertz CT molecular complexity index is 4160. The molecule has 0 N–H and O–H groups in total. The van der Waals surface area contributed by atoms with Crippen LogP contribution >= 0.6 is 0 Å². The second-order valence-electron chi connectivity index (χ2n) is 22.7. The van der Waals surface area contributed by atoms with E-state index in [4.69, 9.17) is 10.5 Å². The third kappa shape index (κ3) is 21.9. The molecule has 0 radical (unpaired) electrons. The molecule has 9 aliphatic rings. The SMILES string of the molecule is CN1C=CN(c2[c-]c(-c3ccccn3)ccc2)[CH-]1.CN1C=CN(c2[c-]c(N3C=CN(C)[CH-]3)cc(C#N)c2)[CH-]1.CN1[CH-]N(c2[c-]c(N3C=NN(C)[CH-]3)c(F)c(C#N)c2F)C=N1.CN1[CH-]N(c2[c-]c(N3C=NN(C)[CH-]3)cc(C#N)c2)C=N1.CN1[CH-]N(c2[c-]c(N3C=NN(C)[CH-]3)cc(C(F)(F)F)c2)C=N1.[Os+2].[Os].[Os].[Os].[Os]. The van der Waals surface area contributed by atoms with Crippen molar-refractivity contribution in [1.29, 1.82) is 15.8 Å². The van der Waals surface area contributed by atoms with E-state index < -0.39 is 28.9 Å². The molecule has 28 nitrogen and oxygen atoms in total. The second-order valence-corrected chi connectivity index (χ2v) is 22.7. The Balaban J connectivity index is 0.000000207. The van der Waals surface area contributed by atoms with Crippen LogP contribution in [-0.2, 0) is 105 Å². The standard InChI is InChI=1S/C15H14N5.C15H13N3.C13H12F3N6.C13H10F2N7.C13H12N7.5Os/c1-17-3-5-19(11-17)14-7-13(10-16)8-15(9-14)20-6-4-18(2)12-20;1-17-9-10-18(12-17)14-6-4-5-13(11-14)15-7-2-3-8-16-15;1-19-8-21(6-17-19)11-3-10(13(14,15)16)4-12(5-11)22-7-18-20(2)9-22;1-19-7-21(5-17-19)10-3-11(22-6-18-20(2)8-22)13(15)9(4-16)12(10)14;1-17-9-19(7-15-17)12-3-11(6-14)4-13(5-12)20-8-16-18(2)10-20;;;;;/h3-8,11-12H,1-2H3;2-10,12H,1H3;3-4,6-9H,1-2H3;5-8H,1-2H3;3-4,7-10H,1-2H3;;;;;/q-3;-2;3*-3;;;;;+2. The molecule has 9 aliphatic heterocycles. The number of alkyl halides is 3. The van der Waals surface area contributed by atoms with E-state index in [0.717, 1.165) is 51.8 Å². The Hall–Kier alpha value is -9.81. The van der Waals surface area contributed by atoms with Gasteiger partial charge in [-0.2, -0.15) is 49.0 Å². The first-order chi connectivity index (χ1) is 49.0. The summed E-state index contributed by atoms with van der Waals surface area (Å²) in [6.07, 6.45) is 18.0. The smallest absolute Gasteiger partial charge is 0.510 e. The number of hydrogen-bond donors (Lipinski definition) is 0. The summed E-state index contributed by atoms with van der Waals surface area (Å²) in [6, 6.07) is 42.6. The normalized spacial score (nSPS) is 16.0. The van der Waals surface area contributed by atoms with Crippen molar-refractivity contribution in [2.45, 2.75) is 6.18 Å². The van der Waals surface area contributed by atoms with Crippen molar-refractivity contribution in [3.8, 4) is 29.5 Å². The number of nitrogens with zero attached hydrogens (tertiary/aromatic N) is 28. The molecule has 0 fully saturated rings. The number of anilines is 9. The summed E-state index contributed by atoms with van der Waals surface area (Å²) in [6.45, 7) is 15.6. The van der Waals surface area contributed by atoms with Crippen LogP contribution in [0.5, 0.6) is 0 Å². The van der Waals surface area contributed by atoms with Crippen molar-refractivity contribution in [2.75, 3.05) is 108 Å². The number of hydrogen-bond acceptors (Lipinski definition) is 28. The average molecular weight is 2330 g/mol. The van der Waals surface area contributed by atoms with Crippen LogP contribution in [0.1, 0.15) is 22.3 Å². The predicted octanol–water partition coefficient (Wildman–Crippen LogP) is 9.31. The van der Waals surface area contributed by atoms with Crippen molar-refractivity contribution in [3.05, 3.63) is 240 Å². The Morgan fingerprint density at radius 2 is 0.710 bits per heavy atom. The Kier molecular flexibility index (Phi) is 31.1. The number of hydrazone groups is 6. The van der Waals surface area contributed by atoms with Gasteiger partial charge < -0.3 is 93.8 Å². The van der Waals surface area contributed by atoms with Crippen LogP contribution < -0.4 is 44.1 Å². The number of aromatic nitrogens is 1. The number of pyridine rings is 1. The summed E-state index contributed by atoms with van der Waals surface area (Å²) >= 11 is 0. The minimum atomic E-state index is -4.45. The Morgan fingerprint density at radius 3 is 1.00 bits per heavy atom. The number of rotatable bonds is 10. The van der Waals surface area contributed by atoms with E-state index in [0.29, 0.717) is 11.1 Å². The molecule has 38 heteroatoms. The molecule has 564 valence electrons. The fourth-order valence-corrected chi connectivity index (χ4v) is 9.80. The molecule has 0 bridgehead atoms. The van der Waals surface area contributed by atoms with Crippen molar-refractivity contribution >= 4 is 89.2 Å². The van der Waals surface area contributed by atoms with Crippen molar-refractivity contribution < 1.29 is 121 Å². The maximum atomic E-state index is 14.3. The van der Waals surface area contributed by atoms with Gasteiger partial charge >= 0.3 is 26.0 Å². The summed E-state index contributed by atoms with van der Waals surface area (Å²) in [5, 5.41) is 60.6. The molecule has 6 aromatic rings. The number of nitriles is 3. The van der Waals surface area contributed by atoms with Gasteiger partial charge in [-0.1, -0.05) is 45.9 Å². The van der Waals surface area contributed by atoms with Gasteiger partial charge in [0.15, 0.2) is 0 Å². The Labute approximate surface area is 684 Å². The second kappa shape index (κ2) is 38.6. The molecule has 0 atom stereocenters. The first kappa shape index (κ1) is 86.1. The molecule has 107 heavy (non-hydrogen) atoms. The van der Waals surface area contributed by atoms with Crippen LogP contribution in [0.3, 0.4) is 0 Å². The average Bonchev–Trinajstić information content (AvgIpc) is 1.44. The largest absolute Gasteiger partial charge is 2.00 e. The zero-order valence-corrected chi connectivity index (χ0v) is 70.5. The van der Waals surface area contributed by atoms with E-state index in [1.54, 1.807) is 98.4 Å². The van der Waals surface area contributed by atoms with E-state index in [-0.39, 0.29) is 122 Å². The molecule has 15 rings (SSSR count). The maximum Gasteiger partial charge on any atom is 2.00 e. The first-order valence-corrected chi connectivity index (χ1v) is 30.4. The summed E-state index contributed by atoms with van der Waals surface area (Å²) in [5.74, 6) is -1.99. The molecule has 5 aromatic carbocycles. The minimum absolute atomic E-state index is 0. The first-order valence-electron chi connectivity index (χ1n) is 30.4. The maximum absolute atomic E-state index is 14.3. The molecule has 1 aromatic heterocycles. The Morgan fingerprint density at radius 1 is 0.374 bits per heavy atom. The van der Waals surface area contributed by atoms with E-state index in [2.05, 4.69) is 78.1 Å². The summed E-state index contributed by atoms with van der Waals surface area (Å²) in [4.78, 5) is 25.3. The third-order valence-corrected chi connectivity index (χ3v) is 14.7. The minimum Gasteiger partial charge on any atom is -0.510 e. The van der Waals surface area contributed by atoms with Gasteiger partial charge in [0.25, 0.3) is 0 Å². The van der Waals surface area contributed by atoms with Crippen molar-refractivity contribution in [1.82, 2.24) is 49.7 Å². The van der Waals surface area contributed by atoms with Gasteiger partial charge in [-0.15, -0.1) is 165 Å². The fourth-order valence-electron chi connectivity index (χ4n) is 9.80. The van der Waals surface area contributed by atoms with Crippen LogP contribution in [-0.4, -0.2) is 151 Å².